The van der Waals surface area contributed by atoms with Gasteiger partial charge in [0.25, 0.3) is 0 Å². The van der Waals surface area contributed by atoms with Crippen LogP contribution in [0.4, 0.5) is 0 Å². The van der Waals surface area contributed by atoms with Crippen LogP contribution in [0.25, 0.3) is 0 Å². The summed E-state index contributed by atoms with van der Waals surface area (Å²) in [5.74, 6) is 1.68. The smallest absolute Gasteiger partial charge is 0.147 e. The van der Waals surface area contributed by atoms with Crippen molar-refractivity contribution in [3.63, 3.8) is 0 Å². The van der Waals surface area contributed by atoms with E-state index in [1.807, 2.05) is 0 Å². The Morgan fingerprint density at radius 1 is 1.50 bits per heavy atom. The third-order valence-electron chi connectivity index (χ3n) is 3.09. The van der Waals surface area contributed by atoms with Gasteiger partial charge in [-0.15, -0.1) is 0 Å². The fourth-order valence-corrected chi connectivity index (χ4v) is 2.64. The number of aromatic nitrogens is 2. The van der Waals surface area contributed by atoms with E-state index in [1.165, 1.54) is 5.92 Å². The first-order chi connectivity index (χ1) is 8.47. The second-order valence-corrected chi connectivity index (χ2v) is 5.95. The van der Waals surface area contributed by atoms with Gasteiger partial charge in [0, 0.05) is 30.9 Å². The Labute approximate surface area is 109 Å². The maximum atomic E-state index is 10.7. The van der Waals surface area contributed by atoms with Crippen LogP contribution >= 0.6 is 0 Å². The Hall–Kier alpha value is -1.01. The molecule has 0 saturated carbocycles. The van der Waals surface area contributed by atoms with Crippen LogP contribution in [-0.4, -0.2) is 29.8 Å². The van der Waals surface area contributed by atoms with Crippen molar-refractivity contribution in [2.75, 3.05) is 6.54 Å². The summed E-state index contributed by atoms with van der Waals surface area (Å²) in [6.07, 6.45) is 1.77. The summed E-state index contributed by atoms with van der Waals surface area (Å²) in [5, 5.41) is 0. The van der Waals surface area contributed by atoms with Gasteiger partial charge in [-0.25, -0.2) is 18.4 Å². The third-order valence-corrected chi connectivity index (χ3v) is 3.63. The summed E-state index contributed by atoms with van der Waals surface area (Å²) >= 11 is 0. The lowest BCUT2D eigenvalue weighted by Gasteiger charge is -2.22. The second-order valence-electron chi connectivity index (χ2n) is 4.97. The molecule has 0 aliphatic carbocycles. The lowest BCUT2D eigenvalue weighted by molar-refractivity contribution is 0.238. The number of hydrogen-bond donors (Lipinski definition) is 1. The zero-order valence-electron chi connectivity index (χ0n) is 10.9. The Bertz CT molecular complexity index is 506. The lowest BCUT2D eigenvalue weighted by Crippen LogP contribution is -2.23. The lowest BCUT2D eigenvalue weighted by atomic mass is 10.1. The number of fused-ring (bicyclic) bond motifs is 1. The van der Waals surface area contributed by atoms with Gasteiger partial charge < -0.3 is 0 Å². The molecule has 0 fully saturated rings. The molecule has 1 aromatic rings. The number of hydrogen-bond acceptors (Lipinski definition) is 5. The van der Waals surface area contributed by atoms with E-state index in [0.717, 1.165) is 24.3 Å². The van der Waals surface area contributed by atoms with Crippen LogP contribution in [0.3, 0.4) is 0 Å². The standard InChI is InChI=1S/C12H18N3O2S/c1-8(2)5-15-6-11-10(9(15)3)4-13-12(14-11)7-18(16)17/h4,9,18H,5-7H2,1-3H3. The van der Waals surface area contributed by atoms with Crippen molar-refractivity contribution >= 4 is 10.7 Å². The summed E-state index contributed by atoms with van der Waals surface area (Å²) in [5.41, 5.74) is 2.08. The minimum Gasteiger partial charge on any atom is -0.290 e. The highest BCUT2D eigenvalue weighted by atomic mass is 32.2. The van der Waals surface area contributed by atoms with Crippen molar-refractivity contribution in [1.82, 2.24) is 14.9 Å². The van der Waals surface area contributed by atoms with E-state index in [4.69, 9.17) is 0 Å². The summed E-state index contributed by atoms with van der Waals surface area (Å²) in [6, 6.07) is 0.296. The molecule has 99 valence electrons. The normalized spacial score (nSPS) is 19.7. The first kappa shape index (κ1) is 13.4. The van der Waals surface area contributed by atoms with Gasteiger partial charge in [-0.1, -0.05) is 13.8 Å². The van der Waals surface area contributed by atoms with Crippen LogP contribution in [0.15, 0.2) is 6.20 Å². The van der Waals surface area contributed by atoms with Crippen LogP contribution in [-0.2, 0) is 23.0 Å². The molecule has 2 rings (SSSR count). The molecule has 0 N–H and O–H groups in total. The molecule has 1 aromatic heterocycles. The molecular weight excluding hydrogens is 250 g/mol. The molecule has 18 heavy (non-hydrogen) atoms. The third kappa shape index (κ3) is 2.87. The van der Waals surface area contributed by atoms with E-state index in [0.29, 0.717) is 11.9 Å². The van der Waals surface area contributed by atoms with Gasteiger partial charge in [0.15, 0.2) is 0 Å². The monoisotopic (exact) mass is 268 g/mol. The van der Waals surface area contributed by atoms with E-state index in [2.05, 4.69) is 35.6 Å². The fourth-order valence-electron chi connectivity index (χ4n) is 2.26. The predicted molar refractivity (Wildman–Crippen MR) is 69.5 cm³/mol. The molecule has 1 atom stereocenters. The predicted octanol–water partition coefficient (Wildman–Crippen LogP) is 1.08. The SMILES string of the molecule is C[C](C)CN1Cc2nc(C[SH](=O)=O)ncc2C1C. The molecule has 6 heteroatoms. The summed E-state index contributed by atoms with van der Waals surface area (Å²) in [4.78, 5) is 10.8. The van der Waals surface area contributed by atoms with Gasteiger partial charge in [0.05, 0.1) is 5.69 Å². The molecule has 0 saturated heterocycles. The van der Waals surface area contributed by atoms with Gasteiger partial charge in [-0.05, 0) is 12.8 Å². The van der Waals surface area contributed by atoms with Crippen molar-refractivity contribution in [1.29, 1.82) is 0 Å². The highest BCUT2D eigenvalue weighted by molar-refractivity contribution is 7.71. The fraction of sp³-hybridized carbons (Fsp3) is 0.583. The number of nitrogens with zero attached hydrogens (tertiary/aromatic N) is 3. The van der Waals surface area contributed by atoms with E-state index in [-0.39, 0.29) is 5.75 Å². The Morgan fingerprint density at radius 2 is 2.22 bits per heavy atom. The van der Waals surface area contributed by atoms with Gasteiger partial charge in [0.1, 0.15) is 22.3 Å². The maximum Gasteiger partial charge on any atom is 0.147 e. The van der Waals surface area contributed by atoms with Crippen molar-refractivity contribution in [2.45, 2.75) is 39.1 Å². The maximum absolute atomic E-state index is 10.7. The topological polar surface area (TPSA) is 63.2 Å². The minimum absolute atomic E-state index is 0.0735. The molecule has 1 radical (unpaired) electrons. The number of rotatable bonds is 4. The van der Waals surface area contributed by atoms with Gasteiger partial charge in [-0.3, -0.25) is 4.90 Å². The summed E-state index contributed by atoms with van der Waals surface area (Å²) in [7, 11) is -2.46. The van der Waals surface area contributed by atoms with Crippen molar-refractivity contribution in [3.8, 4) is 0 Å². The van der Waals surface area contributed by atoms with E-state index in [9.17, 15) is 8.42 Å². The molecule has 0 bridgehead atoms. The largest absolute Gasteiger partial charge is 0.290 e. The van der Waals surface area contributed by atoms with Gasteiger partial charge >= 0.3 is 0 Å². The van der Waals surface area contributed by atoms with Crippen LogP contribution in [0.1, 0.15) is 43.9 Å². The molecule has 1 aliphatic heterocycles. The molecule has 1 aliphatic rings. The molecule has 0 aromatic carbocycles. The summed E-state index contributed by atoms with van der Waals surface area (Å²) in [6.45, 7) is 8.05. The molecule has 5 nitrogen and oxygen atoms in total. The quantitative estimate of drug-likeness (QED) is 0.828. The van der Waals surface area contributed by atoms with Crippen LogP contribution in [0.2, 0.25) is 0 Å². The van der Waals surface area contributed by atoms with Crippen LogP contribution in [0, 0.1) is 5.92 Å². The molecule has 1 unspecified atom stereocenters. The van der Waals surface area contributed by atoms with Gasteiger partial charge in [0.2, 0.25) is 0 Å². The van der Waals surface area contributed by atoms with Crippen molar-refractivity contribution in [2.24, 2.45) is 0 Å². The van der Waals surface area contributed by atoms with Crippen LogP contribution in [0.5, 0.6) is 0 Å². The van der Waals surface area contributed by atoms with Crippen molar-refractivity contribution < 1.29 is 8.42 Å². The van der Waals surface area contributed by atoms with Crippen molar-refractivity contribution in [3.05, 3.63) is 29.2 Å². The molecule has 0 spiro atoms. The highest BCUT2D eigenvalue weighted by Crippen LogP contribution is 2.32. The zero-order chi connectivity index (χ0) is 13.3. The van der Waals surface area contributed by atoms with E-state index >= 15 is 0 Å². The first-order valence-corrected chi connectivity index (χ1v) is 7.33. The molecular formula is C12H18N3O2S. The zero-order valence-corrected chi connectivity index (χ0v) is 11.8. The second kappa shape index (κ2) is 5.32. The Balaban J connectivity index is 2.20. The van der Waals surface area contributed by atoms with E-state index in [1.54, 1.807) is 6.20 Å². The van der Waals surface area contributed by atoms with Crippen LogP contribution < -0.4 is 0 Å². The first-order valence-electron chi connectivity index (χ1n) is 5.97. The average molecular weight is 268 g/mol. The Kier molecular flexibility index (Phi) is 3.97. The van der Waals surface area contributed by atoms with E-state index < -0.39 is 10.7 Å². The minimum atomic E-state index is -2.46. The van der Waals surface area contributed by atoms with Gasteiger partial charge in [-0.2, -0.15) is 0 Å². The highest BCUT2D eigenvalue weighted by Gasteiger charge is 2.28. The Morgan fingerprint density at radius 3 is 2.83 bits per heavy atom. The summed E-state index contributed by atoms with van der Waals surface area (Å²) < 4.78 is 21.4. The molecule has 0 amide bonds. The molecule has 2 heterocycles. The average Bonchev–Trinajstić information content (AvgIpc) is 2.54. The number of thiol groups is 1.